The molecule has 6 nitrogen and oxygen atoms in total. The van der Waals surface area contributed by atoms with Crippen molar-refractivity contribution in [2.75, 3.05) is 0 Å². The maximum atomic E-state index is 12.9. The molecule has 0 fully saturated rings. The average Bonchev–Trinajstić information content (AvgIpc) is 2.96. The van der Waals surface area contributed by atoms with Crippen LogP contribution in [0.5, 0.6) is 5.75 Å². The Morgan fingerprint density at radius 2 is 1.97 bits per heavy atom. The molecule has 1 amide bonds. The molecule has 150 valence electrons. The van der Waals surface area contributed by atoms with Crippen LogP contribution >= 0.6 is 11.6 Å². The SMILES string of the molecule is Cc1nn(-c2cccc(C(F)(F)F)c2)c(Cl)c1/C=N\NC(=O)c1ccccc1O. The van der Waals surface area contributed by atoms with Gasteiger partial charge in [0, 0.05) is 0 Å². The fraction of sp³-hybridized carbons (Fsp3) is 0.105. The highest BCUT2D eigenvalue weighted by atomic mass is 35.5. The lowest BCUT2D eigenvalue weighted by Gasteiger charge is -2.09. The average molecular weight is 423 g/mol. The Hall–Kier alpha value is -3.33. The minimum Gasteiger partial charge on any atom is -0.507 e. The number of aromatic nitrogens is 2. The van der Waals surface area contributed by atoms with Gasteiger partial charge in [0.05, 0.1) is 34.3 Å². The van der Waals surface area contributed by atoms with Crippen LogP contribution in [-0.2, 0) is 6.18 Å². The second kappa shape index (κ2) is 7.96. The highest BCUT2D eigenvalue weighted by Gasteiger charge is 2.30. The molecule has 0 aliphatic heterocycles. The number of carbonyl (C=O) groups is 1. The Kier molecular flexibility index (Phi) is 5.60. The molecule has 29 heavy (non-hydrogen) atoms. The van der Waals surface area contributed by atoms with E-state index in [-0.39, 0.29) is 22.2 Å². The molecule has 3 aromatic rings. The first-order valence-electron chi connectivity index (χ1n) is 8.22. The molecule has 0 atom stereocenters. The third-order valence-corrected chi connectivity index (χ3v) is 4.34. The first-order valence-corrected chi connectivity index (χ1v) is 8.60. The van der Waals surface area contributed by atoms with E-state index in [0.717, 1.165) is 16.8 Å². The van der Waals surface area contributed by atoms with Crippen molar-refractivity contribution in [2.24, 2.45) is 5.10 Å². The molecule has 10 heteroatoms. The van der Waals surface area contributed by atoms with Crippen molar-refractivity contribution >= 4 is 23.7 Å². The van der Waals surface area contributed by atoms with Gasteiger partial charge in [-0.05, 0) is 37.3 Å². The molecule has 2 N–H and O–H groups in total. The number of para-hydroxylation sites is 1. The number of hydrazone groups is 1. The van der Waals surface area contributed by atoms with Crippen molar-refractivity contribution in [2.45, 2.75) is 13.1 Å². The van der Waals surface area contributed by atoms with Crippen molar-refractivity contribution in [3.63, 3.8) is 0 Å². The second-order valence-electron chi connectivity index (χ2n) is 5.97. The molecule has 2 aromatic carbocycles. The van der Waals surface area contributed by atoms with Crippen LogP contribution < -0.4 is 5.43 Å². The van der Waals surface area contributed by atoms with Crippen LogP contribution in [0.25, 0.3) is 5.69 Å². The highest BCUT2D eigenvalue weighted by molar-refractivity contribution is 6.32. The van der Waals surface area contributed by atoms with E-state index in [1.54, 1.807) is 19.1 Å². The van der Waals surface area contributed by atoms with E-state index in [4.69, 9.17) is 11.6 Å². The van der Waals surface area contributed by atoms with Crippen molar-refractivity contribution in [1.29, 1.82) is 0 Å². The Morgan fingerprint density at radius 1 is 1.24 bits per heavy atom. The summed E-state index contributed by atoms with van der Waals surface area (Å²) >= 11 is 6.26. The van der Waals surface area contributed by atoms with Gasteiger partial charge in [0.1, 0.15) is 10.9 Å². The fourth-order valence-corrected chi connectivity index (χ4v) is 2.85. The molecule has 1 aromatic heterocycles. The first kappa shape index (κ1) is 20.4. The van der Waals surface area contributed by atoms with Crippen LogP contribution in [0.1, 0.15) is 27.2 Å². The van der Waals surface area contributed by atoms with Crippen LogP contribution in [0.4, 0.5) is 13.2 Å². The van der Waals surface area contributed by atoms with E-state index in [1.807, 2.05) is 0 Å². The van der Waals surface area contributed by atoms with Gasteiger partial charge in [0.2, 0.25) is 0 Å². The zero-order valence-electron chi connectivity index (χ0n) is 14.9. The minimum atomic E-state index is -4.50. The summed E-state index contributed by atoms with van der Waals surface area (Å²) < 4.78 is 40.0. The minimum absolute atomic E-state index is 0.0300. The van der Waals surface area contributed by atoms with Gasteiger partial charge in [-0.3, -0.25) is 4.79 Å². The number of aryl methyl sites for hydroxylation is 1. The number of nitrogens with zero attached hydrogens (tertiary/aromatic N) is 3. The van der Waals surface area contributed by atoms with Gasteiger partial charge in [-0.15, -0.1) is 0 Å². The lowest BCUT2D eigenvalue weighted by molar-refractivity contribution is -0.137. The van der Waals surface area contributed by atoms with Gasteiger partial charge in [-0.1, -0.05) is 29.8 Å². The highest BCUT2D eigenvalue weighted by Crippen LogP contribution is 2.31. The number of hydrogen-bond donors (Lipinski definition) is 2. The van der Waals surface area contributed by atoms with Crippen LogP contribution in [0.2, 0.25) is 5.15 Å². The van der Waals surface area contributed by atoms with E-state index in [1.165, 1.54) is 30.5 Å². The predicted octanol–water partition coefficient (Wildman–Crippen LogP) is 4.32. The maximum Gasteiger partial charge on any atom is 0.416 e. The normalized spacial score (nSPS) is 11.8. The lowest BCUT2D eigenvalue weighted by Crippen LogP contribution is -2.17. The van der Waals surface area contributed by atoms with E-state index in [2.05, 4.69) is 15.6 Å². The molecule has 1 heterocycles. The fourth-order valence-electron chi connectivity index (χ4n) is 2.52. The molecule has 0 saturated heterocycles. The van der Waals surface area contributed by atoms with Crippen LogP contribution in [0.3, 0.4) is 0 Å². The number of hydrogen-bond acceptors (Lipinski definition) is 4. The number of carbonyl (C=O) groups excluding carboxylic acids is 1. The number of phenolic OH excluding ortho intramolecular Hbond substituents is 1. The number of alkyl halides is 3. The molecule has 3 rings (SSSR count). The molecule has 0 aliphatic carbocycles. The molecular weight excluding hydrogens is 409 g/mol. The quantitative estimate of drug-likeness (QED) is 0.485. The second-order valence-corrected chi connectivity index (χ2v) is 6.32. The number of nitrogens with one attached hydrogen (secondary N) is 1. The third kappa shape index (κ3) is 4.40. The molecule has 0 radical (unpaired) electrons. The first-order chi connectivity index (χ1) is 13.7. The van der Waals surface area contributed by atoms with E-state index in [0.29, 0.717) is 11.3 Å². The van der Waals surface area contributed by atoms with Gasteiger partial charge in [0.25, 0.3) is 5.91 Å². The van der Waals surface area contributed by atoms with Crippen molar-refractivity contribution in [3.8, 4) is 11.4 Å². The van der Waals surface area contributed by atoms with Gasteiger partial charge >= 0.3 is 6.18 Å². The van der Waals surface area contributed by atoms with Crippen LogP contribution in [0.15, 0.2) is 53.6 Å². The Morgan fingerprint density at radius 3 is 2.66 bits per heavy atom. The van der Waals surface area contributed by atoms with Crippen molar-refractivity contribution < 1.29 is 23.1 Å². The molecule has 0 aliphatic rings. The molecular formula is C19H14ClF3N4O2. The molecule has 0 bridgehead atoms. The van der Waals surface area contributed by atoms with Gasteiger partial charge in [-0.25, -0.2) is 10.1 Å². The summed E-state index contributed by atoms with van der Waals surface area (Å²) in [6.07, 6.45) is -3.27. The number of amides is 1. The zero-order valence-corrected chi connectivity index (χ0v) is 15.7. The Labute approximate surface area is 168 Å². The van der Waals surface area contributed by atoms with E-state index in [9.17, 15) is 23.1 Å². The smallest absolute Gasteiger partial charge is 0.416 e. The van der Waals surface area contributed by atoms with Crippen molar-refractivity contribution in [3.05, 3.63) is 76.1 Å². The molecule has 0 spiro atoms. The van der Waals surface area contributed by atoms with Crippen molar-refractivity contribution in [1.82, 2.24) is 15.2 Å². The predicted molar refractivity (Wildman–Crippen MR) is 101 cm³/mol. The van der Waals surface area contributed by atoms with Crippen LogP contribution in [-0.4, -0.2) is 27.0 Å². The maximum absolute atomic E-state index is 12.9. The summed E-state index contributed by atoms with van der Waals surface area (Å²) in [5.74, 6) is -0.842. The molecule has 0 unspecified atom stereocenters. The third-order valence-electron chi connectivity index (χ3n) is 3.97. The number of rotatable bonds is 4. The zero-order chi connectivity index (χ0) is 21.2. The largest absolute Gasteiger partial charge is 0.507 e. The summed E-state index contributed by atoms with van der Waals surface area (Å²) in [5.41, 5.74) is 2.30. The number of phenols is 1. The summed E-state index contributed by atoms with van der Waals surface area (Å²) in [7, 11) is 0. The Bertz CT molecular complexity index is 1090. The van der Waals surface area contributed by atoms with E-state index < -0.39 is 17.6 Å². The summed E-state index contributed by atoms with van der Waals surface area (Å²) in [6, 6.07) is 10.5. The number of aromatic hydroxyl groups is 1. The topological polar surface area (TPSA) is 79.5 Å². The summed E-state index contributed by atoms with van der Waals surface area (Å²) in [5, 5.41) is 17.6. The Balaban J connectivity index is 1.84. The monoisotopic (exact) mass is 422 g/mol. The van der Waals surface area contributed by atoms with Gasteiger partial charge in [-0.2, -0.15) is 23.4 Å². The van der Waals surface area contributed by atoms with E-state index >= 15 is 0 Å². The number of benzene rings is 2. The number of halogens is 4. The molecule has 0 saturated carbocycles. The van der Waals surface area contributed by atoms with Gasteiger partial charge < -0.3 is 5.11 Å². The standard InChI is InChI=1S/C19H14ClF3N4O2/c1-11-15(10-24-25-18(29)14-7-2-3-8-16(14)28)17(20)27(26-11)13-6-4-5-12(9-13)19(21,22)23/h2-10,28H,1H3,(H,25,29)/b24-10-. The summed E-state index contributed by atoms with van der Waals surface area (Å²) in [4.78, 5) is 12.0. The van der Waals surface area contributed by atoms with Crippen LogP contribution in [0, 0.1) is 6.92 Å². The lowest BCUT2D eigenvalue weighted by atomic mass is 10.2. The summed E-state index contributed by atoms with van der Waals surface area (Å²) in [6.45, 7) is 1.60. The van der Waals surface area contributed by atoms with Gasteiger partial charge in [0.15, 0.2) is 0 Å².